The van der Waals surface area contributed by atoms with E-state index in [0.29, 0.717) is 17.5 Å². The number of hydrogen-bond donors (Lipinski definition) is 1. The van der Waals surface area contributed by atoms with Gasteiger partial charge < -0.3 is 5.32 Å². The Morgan fingerprint density at radius 2 is 2.16 bits per heavy atom. The highest BCUT2D eigenvalue weighted by Gasteiger charge is 2.20. The Kier molecular flexibility index (Phi) is 3.33. The van der Waals surface area contributed by atoms with Crippen LogP contribution in [0.5, 0.6) is 0 Å². The van der Waals surface area contributed by atoms with E-state index in [0.717, 1.165) is 16.0 Å². The summed E-state index contributed by atoms with van der Waals surface area (Å²) in [6, 6.07) is 11.3. The predicted octanol–water partition coefficient (Wildman–Crippen LogP) is 3.68. The van der Waals surface area contributed by atoms with Crippen molar-refractivity contribution >= 4 is 11.3 Å². The largest absolute Gasteiger partial charge is 0.310 e. The fraction of sp³-hybridized carbons (Fsp3) is 0.267. The minimum absolute atomic E-state index is 0.214. The third-order valence-electron chi connectivity index (χ3n) is 3.21. The normalized spacial score (nSPS) is 14.3. The summed E-state index contributed by atoms with van der Waals surface area (Å²) in [5.41, 5.74) is 1.97. The summed E-state index contributed by atoms with van der Waals surface area (Å²) in [4.78, 5) is 1.70. The van der Waals surface area contributed by atoms with Gasteiger partial charge in [0.15, 0.2) is 0 Å². The molecule has 0 amide bonds. The van der Waals surface area contributed by atoms with Gasteiger partial charge in [-0.15, -0.1) is 11.3 Å². The Bertz CT molecular complexity index is 638. The van der Waals surface area contributed by atoms with Crippen LogP contribution >= 0.6 is 11.3 Å². The van der Waals surface area contributed by atoms with Gasteiger partial charge in [-0.05, 0) is 48.2 Å². The average molecular weight is 272 g/mol. The lowest BCUT2D eigenvalue weighted by Crippen LogP contribution is -2.15. The molecule has 1 aromatic carbocycles. The van der Waals surface area contributed by atoms with Gasteiger partial charge in [0.05, 0.1) is 0 Å². The minimum Gasteiger partial charge on any atom is -0.310 e. The van der Waals surface area contributed by atoms with E-state index in [1.54, 1.807) is 18.2 Å². The lowest BCUT2D eigenvalue weighted by molar-refractivity contribution is 0.620. The van der Waals surface area contributed by atoms with E-state index in [-0.39, 0.29) is 5.82 Å². The van der Waals surface area contributed by atoms with Gasteiger partial charge in [0, 0.05) is 17.5 Å². The molecule has 0 unspecified atom stereocenters. The van der Waals surface area contributed by atoms with Gasteiger partial charge in [-0.25, -0.2) is 4.39 Å². The molecule has 3 rings (SSSR count). The van der Waals surface area contributed by atoms with Crippen molar-refractivity contribution < 1.29 is 4.39 Å². The zero-order chi connectivity index (χ0) is 13.2. The Morgan fingerprint density at radius 3 is 2.84 bits per heavy atom. The SMILES string of the molecule is N#Cc1ccc(-c2ccc(F)cc2CNC2CC2)s1. The molecule has 0 saturated heterocycles. The molecule has 2 nitrogen and oxygen atoms in total. The molecule has 1 saturated carbocycles. The van der Waals surface area contributed by atoms with Gasteiger partial charge >= 0.3 is 0 Å². The van der Waals surface area contributed by atoms with Crippen molar-refractivity contribution in [2.45, 2.75) is 25.4 Å². The van der Waals surface area contributed by atoms with Crippen LogP contribution in [-0.2, 0) is 6.54 Å². The van der Waals surface area contributed by atoms with E-state index in [1.807, 2.05) is 6.07 Å². The first kappa shape index (κ1) is 12.3. The summed E-state index contributed by atoms with van der Waals surface area (Å²) in [6.07, 6.45) is 2.42. The summed E-state index contributed by atoms with van der Waals surface area (Å²) in [5, 5.41) is 12.3. The lowest BCUT2D eigenvalue weighted by Gasteiger charge is -2.09. The van der Waals surface area contributed by atoms with Gasteiger partial charge in [0.25, 0.3) is 0 Å². The summed E-state index contributed by atoms with van der Waals surface area (Å²) < 4.78 is 13.4. The highest BCUT2D eigenvalue weighted by Crippen LogP contribution is 2.31. The Balaban J connectivity index is 1.91. The number of thiophene rings is 1. The van der Waals surface area contributed by atoms with E-state index in [2.05, 4.69) is 11.4 Å². The molecule has 1 aliphatic carbocycles. The van der Waals surface area contributed by atoms with Crippen LogP contribution in [-0.4, -0.2) is 6.04 Å². The number of nitrogens with zero attached hydrogens (tertiary/aromatic N) is 1. The molecule has 4 heteroatoms. The molecule has 1 aliphatic rings. The number of benzene rings is 1. The van der Waals surface area contributed by atoms with Crippen molar-refractivity contribution in [3.63, 3.8) is 0 Å². The molecular weight excluding hydrogens is 259 g/mol. The van der Waals surface area contributed by atoms with Crippen LogP contribution in [0.2, 0.25) is 0 Å². The zero-order valence-corrected chi connectivity index (χ0v) is 11.1. The quantitative estimate of drug-likeness (QED) is 0.921. The summed E-state index contributed by atoms with van der Waals surface area (Å²) in [6.45, 7) is 0.678. The van der Waals surface area contributed by atoms with Crippen molar-refractivity contribution in [1.82, 2.24) is 5.32 Å². The molecular formula is C15H13FN2S. The topological polar surface area (TPSA) is 35.8 Å². The molecule has 0 radical (unpaired) electrons. The lowest BCUT2D eigenvalue weighted by atomic mass is 10.1. The van der Waals surface area contributed by atoms with E-state index < -0.39 is 0 Å². The summed E-state index contributed by atoms with van der Waals surface area (Å²) in [7, 11) is 0. The van der Waals surface area contributed by atoms with Crippen molar-refractivity contribution in [3.05, 3.63) is 46.6 Å². The van der Waals surface area contributed by atoms with E-state index in [9.17, 15) is 4.39 Å². The maximum atomic E-state index is 13.4. The van der Waals surface area contributed by atoms with Crippen molar-refractivity contribution in [2.24, 2.45) is 0 Å². The second-order valence-electron chi connectivity index (χ2n) is 4.73. The van der Waals surface area contributed by atoms with Gasteiger partial charge in [0.2, 0.25) is 0 Å². The second kappa shape index (κ2) is 5.12. The van der Waals surface area contributed by atoms with Crippen LogP contribution in [0, 0.1) is 17.1 Å². The standard InChI is InChI=1S/C15H13FN2S/c16-11-1-5-14(15-6-4-13(8-17)19-15)10(7-11)9-18-12-2-3-12/h1,4-7,12,18H,2-3,9H2. The second-order valence-corrected chi connectivity index (χ2v) is 5.82. The van der Waals surface area contributed by atoms with Crippen LogP contribution in [0.3, 0.4) is 0 Å². The van der Waals surface area contributed by atoms with Gasteiger partial charge in [-0.2, -0.15) is 5.26 Å². The Hall–Kier alpha value is -1.70. The van der Waals surface area contributed by atoms with Crippen LogP contribution < -0.4 is 5.32 Å². The predicted molar refractivity (Wildman–Crippen MR) is 74.3 cm³/mol. The molecule has 0 aliphatic heterocycles. The molecule has 1 N–H and O–H groups in total. The smallest absolute Gasteiger partial charge is 0.123 e. The Morgan fingerprint density at radius 1 is 1.32 bits per heavy atom. The number of rotatable bonds is 4. The molecule has 1 heterocycles. The van der Waals surface area contributed by atoms with Crippen LogP contribution in [0.4, 0.5) is 4.39 Å². The molecule has 0 spiro atoms. The molecule has 19 heavy (non-hydrogen) atoms. The first-order valence-electron chi connectivity index (χ1n) is 6.28. The fourth-order valence-corrected chi connectivity index (χ4v) is 2.90. The third kappa shape index (κ3) is 2.83. The molecule has 0 bridgehead atoms. The minimum atomic E-state index is -0.214. The number of nitrogens with one attached hydrogen (secondary N) is 1. The summed E-state index contributed by atoms with van der Waals surface area (Å²) in [5.74, 6) is -0.214. The molecule has 1 aromatic heterocycles. The van der Waals surface area contributed by atoms with Crippen molar-refractivity contribution in [1.29, 1.82) is 5.26 Å². The third-order valence-corrected chi connectivity index (χ3v) is 4.23. The number of halogens is 1. The highest BCUT2D eigenvalue weighted by molar-refractivity contribution is 7.16. The van der Waals surface area contributed by atoms with E-state index >= 15 is 0 Å². The van der Waals surface area contributed by atoms with Crippen LogP contribution in [0.15, 0.2) is 30.3 Å². The van der Waals surface area contributed by atoms with Gasteiger partial charge in [-0.1, -0.05) is 6.07 Å². The van der Waals surface area contributed by atoms with Crippen LogP contribution in [0.25, 0.3) is 10.4 Å². The average Bonchev–Trinajstić information content (AvgIpc) is 3.13. The summed E-state index contributed by atoms with van der Waals surface area (Å²) >= 11 is 1.44. The molecule has 1 fully saturated rings. The number of hydrogen-bond acceptors (Lipinski definition) is 3. The zero-order valence-electron chi connectivity index (χ0n) is 10.3. The maximum Gasteiger partial charge on any atom is 0.123 e. The van der Waals surface area contributed by atoms with Crippen LogP contribution in [0.1, 0.15) is 23.3 Å². The monoisotopic (exact) mass is 272 g/mol. The van der Waals surface area contributed by atoms with E-state index in [1.165, 1.54) is 30.2 Å². The first-order chi connectivity index (χ1) is 9.26. The Labute approximate surface area is 115 Å². The van der Waals surface area contributed by atoms with Gasteiger partial charge in [0.1, 0.15) is 16.8 Å². The number of nitriles is 1. The first-order valence-corrected chi connectivity index (χ1v) is 7.10. The molecule has 96 valence electrons. The molecule has 0 atom stereocenters. The van der Waals surface area contributed by atoms with Crippen molar-refractivity contribution in [3.8, 4) is 16.5 Å². The highest BCUT2D eigenvalue weighted by atomic mass is 32.1. The molecule has 2 aromatic rings. The fourth-order valence-electron chi connectivity index (χ4n) is 2.03. The maximum absolute atomic E-state index is 13.4. The van der Waals surface area contributed by atoms with E-state index in [4.69, 9.17) is 5.26 Å². The van der Waals surface area contributed by atoms with Gasteiger partial charge in [-0.3, -0.25) is 0 Å². The van der Waals surface area contributed by atoms with Crippen molar-refractivity contribution in [2.75, 3.05) is 0 Å².